The number of aromatic amines is 1. The number of nitrogens with zero attached hydrogens (tertiary/aromatic N) is 1. The van der Waals surface area contributed by atoms with Crippen molar-refractivity contribution in [3.05, 3.63) is 36.0 Å². The van der Waals surface area contributed by atoms with Gasteiger partial charge in [-0.2, -0.15) is 0 Å². The van der Waals surface area contributed by atoms with Gasteiger partial charge in [0, 0.05) is 29.7 Å². The highest BCUT2D eigenvalue weighted by Crippen LogP contribution is 2.28. The van der Waals surface area contributed by atoms with Gasteiger partial charge in [0.25, 0.3) is 5.91 Å². The summed E-state index contributed by atoms with van der Waals surface area (Å²) in [6.45, 7) is 3.41. The highest BCUT2D eigenvalue weighted by Gasteiger charge is 2.35. The van der Waals surface area contributed by atoms with Crippen molar-refractivity contribution in [2.24, 2.45) is 5.92 Å². The molecule has 1 atom stereocenters. The van der Waals surface area contributed by atoms with Gasteiger partial charge in [0.2, 0.25) is 0 Å². The summed E-state index contributed by atoms with van der Waals surface area (Å²) in [5, 5.41) is 4.25. The van der Waals surface area contributed by atoms with Crippen molar-refractivity contribution in [1.82, 2.24) is 15.2 Å². The fourth-order valence-electron chi connectivity index (χ4n) is 3.63. The standard InChI is InChI=1S/C16H19N3O/c20-16(13-9-17-14-4-2-1-3-12(13)14)18-15-10-19-7-5-11(15)6-8-19/h1-4,9,11,15,17H,5-8,10H2,(H,18,20). The van der Waals surface area contributed by atoms with Crippen molar-refractivity contribution < 1.29 is 4.79 Å². The van der Waals surface area contributed by atoms with E-state index in [1.165, 1.54) is 25.9 Å². The minimum atomic E-state index is 0.0567. The largest absolute Gasteiger partial charge is 0.360 e. The Morgan fingerprint density at radius 3 is 2.80 bits per heavy atom. The van der Waals surface area contributed by atoms with Gasteiger partial charge in [0.15, 0.2) is 0 Å². The van der Waals surface area contributed by atoms with Crippen LogP contribution in [0, 0.1) is 5.92 Å². The molecule has 2 N–H and O–H groups in total. The molecule has 0 spiro atoms. The van der Waals surface area contributed by atoms with Crippen LogP contribution in [0.4, 0.5) is 0 Å². The predicted molar refractivity (Wildman–Crippen MR) is 78.7 cm³/mol. The molecule has 5 rings (SSSR count). The maximum absolute atomic E-state index is 12.5. The molecule has 2 bridgehead atoms. The van der Waals surface area contributed by atoms with Gasteiger partial charge in [-0.25, -0.2) is 0 Å². The lowest BCUT2D eigenvalue weighted by atomic mass is 9.84. The summed E-state index contributed by atoms with van der Waals surface area (Å²) < 4.78 is 0. The van der Waals surface area contributed by atoms with E-state index in [4.69, 9.17) is 0 Å². The second-order valence-corrected chi connectivity index (χ2v) is 5.97. The fourth-order valence-corrected chi connectivity index (χ4v) is 3.63. The molecule has 3 aliphatic rings. The molecule has 20 heavy (non-hydrogen) atoms. The molecule has 1 aromatic carbocycles. The zero-order valence-electron chi connectivity index (χ0n) is 11.4. The number of fused-ring (bicyclic) bond motifs is 4. The molecule has 2 aromatic rings. The van der Waals surface area contributed by atoms with Gasteiger partial charge in [-0.3, -0.25) is 4.79 Å². The number of benzene rings is 1. The van der Waals surface area contributed by atoms with Crippen LogP contribution in [-0.2, 0) is 0 Å². The molecular weight excluding hydrogens is 250 g/mol. The Kier molecular flexibility index (Phi) is 2.77. The molecule has 3 fully saturated rings. The lowest BCUT2D eigenvalue weighted by Crippen LogP contribution is -2.57. The third-order valence-corrected chi connectivity index (χ3v) is 4.81. The molecular formula is C16H19N3O. The number of para-hydroxylation sites is 1. The number of hydrogen-bond donors (Lipinski definition) is 2. The molecule has 3 saturated heterocycles. The van der Waals surface area contributed by atoms with Crippen LogP contribution in [0.25, 0.3) is 10.9 Å². The van der Waals surface area contributed by atoms with Gasteiger partial charge in [-0.15, -0.1) is 0 Å². The summed E-state index contributed by atoms with van der Waals surface area (Å²) in [6.07, 6.45) is 4.26. The molecule has 4 nitrogen and oxygen atoms in total. The van der Waals surface area contributed by atoms with Crippen LogP contribution in [0.5, 0.6) is 0 Å². The zero-order chi connectivity index (χ0) is 13.5. The van der Waals surface area contributed by atoms with Crippen LogP contribution >= 0.6 is 0 Å². The van der Waals surface area contributed by atoms with Gasteiger partial charge in [0.1, 0.15) is 0 Å². The second-order valence-electron chi connectivity index (χ2n) is 5.97. The molecule has 4 heterocycles. The molecule has 104 valence electrons. The Hall–Kier alpha value is -1.81. The number of hydrogen-bond acceptors (Lipinski definition) is 2. The van der Waals surface area contributed by atoms with Crippen molar-refractivity contribution >= 4 is 16.8 Å². The number of aromatic nitrogens is 1. The number of nitrogens with one attached hydrogen (secondary N) is 2. The van der Waals surface area contributed by atoms with E-state index >= 15 is 0 Å². The molecule has 3 aliphatic heterocycles. The first-order valence-corrected chi connectivity index (χ1v) is 7.40. The lowest BCUT2D eigenvalue weighted by Gasteiger charge is -2.44. The van der Waals surface area contributed by atoms with Crippen molar-refractivity contribution in [2.45, 2.75) is 18.9 Å². The van der Waals surface area contributed by atoms with E-state index in [9.17, 15) is 4.79 Å². The summed E-state index contributed by atoms with van der Waals surface area (Å²) in [5.41, 5.74) is 1.78. The molecule has 1 aromatic heterocycles. The number of carbonyl (C=O) groups excluding carboxylic acids is 1. The predicted octanol–water partition coefficient (Wildman–Crippen LogP) is 1.99. The number of piperidine rings is 3. The third-order valence-electron chi connectivity index (χ3n) is 4.81. The van der Waals surface area contributed by atoms with Crippen molar-refractivity contribution in [2.75, 3.05) is 19.6 Å². The Bertz CT molecular complexity index is 640. The van der Waals surface area contributed by atoms with Crippen molar-refractivity contribution in [1.29, 1.82) is 0 Å². The molecule has 0 saturated carbocycles. The van der Waals surface area contributed by atoms with Crippen LogP contribution in [-0.4, -0.2) is 41.5 Å². The average molecular weight is 269 g/mol. The first kappa shape index (κ1) is 12.0. The zero-order valence-corrected chi connectivity index (χ0v) is 11.4. The SMILES string of the molecule is O=C(NC1CN2CCC1CC2)c1c[nH]c2ccccc12. The number of carbonyl (C=O) groups is 1. The van der Waals surface area contributed by atoms with Crippen LogP contribution in [0.1, 0.15) is 23.2 Å². The number of rotatable bonds is 2. The van der Waals surface area contributed by atoms with E-state index in [-0.39, 0.29) is 5.91 Å². The minimum Gasteiger partial charge on any atom is -0.360 e. The molecule has 0 aliphatic carbocycles. The normalized spacial score (nSPS) is 28.7. The summed E-state index contributed by atoms with van der Waals surface area (Å²) in [7, 11) is 0. The van der Waals surface area contributed by atoms with Crippen LogP contribution in [0.15, 0.2) is 30.5 Å². The summed E-state index contributed by atoms with van der Waals surface area (Å²) >= 11 is 0. The van der Waals surface area contributed by atoms with Gasteiger partial charge < -0.3 is 15.2 Å². The average Bonchev–Trinajstić information content (AvgIpc) is 2.92. The molecule has 1 unspecified atom stereocenters. The smallest absolute Gasteiger partial charge is 0.253 e. The van der Waals surface area contributed by atoms with E-state index in [1.807, 2.05) is 30.5 Å². The second kappa shape index (κ2) is 4.63. The summed E-state index contributed by atoms with van der Waals surface area (Å²) in [5.74, 6) is 0.718. The first-order chi connectivity index (χ1) is 9.81. The first-order valence-electron chi connectivity index (χ1n) is 7.40. The Balaban J connectivity index is 1.56. The highest BCUT2D eigenvalue weighted by atomic mass is 16.1. The monoisotopic (exact) mass is 269 g/mol. The number of H-pyrrole nitrogens is 1. The Labute approximate surface area is 118 Å². The Morgan fingerprint density at radius 1 is 1.25 bits per heavy atom. The van der Waals surface area contributed by atoms with Gasteiger partial charge >= 0.3 is 0 Å². The summed E-state index contributed by atoms with van der Waals surface area (Å²) in [4.78, 5) is 18.1. The van der Waals surface area contributed by atoms with Crippen molar-refractivity contribution in [3.63, 3.8) is 0 Å². The minimum absolute atomic E-state index is 0.0567. The van der Waals surface area contributed by atoms with Crippen LogP contribution in [0.2, 0.25) is 0 Å². The van der Waals surface area contributed by atoms with E-state index in [1.54, 1.807) is 0 Å². The van der Waals surface area contributed by atoms with Crippen LogP contribution in [0.3, 0.4) is 0 Å². The molecule has 4 heteroatoms. The van der Waals surface area contributed by atoms with E-state index in [2.05, 4.69) is 15.2 Å². The lowest BCUT2D eigenvalue weighted by molar-refractivity contribution is 0.0621. The maximum atomic E-state index is 12.5. The summed E-state index contributed by atoms with van der Waals surface area (Å²) in [6, 6.07) is 8.27. The fraction of sp³-hybridized carbons (Fsp3) is 0.438. The maximum Gasteiger partial charge on any atom is 0.253 e. The van der Waals surface area contributed by atoms with Crippen LogP contribution < -0.4 is 5.32 Å². The molecule has 0 radical (unpaired) electrons. The number of amides is 1. The molecule has 1 amide bonds. The third kappa shape index (κ3) is 1.91. The van der Waals surface area contributed by atoms with E-state index in [0.29, 0.717) is 12.0 Å². The Morgan fingerprint density at radius 2 is 2.05 bits per heavy atom. The van der Waals surface area contributed by atoms with E-state index in [0.717, 1.165) is 23.0 Å². The highest BCUT2D eigenvalue weighted by molar-refractivity contribution is 6.06. The van der Waals surface area contributed by atoms with E-state index < -0.39 is 0 Å². The van der Waals surface area contributed by atoms with Gasteiger partial charge in [-0.05, 0) is 37.9 Å². The topological polar surface area (TPSA) is 48.1 Å². The van der Waals surface area contributed by atoms with Gasteiger partial charge in [0.05, 0.1) is 5.56 Å². The quantitative estimate of drug-likeness (QED) is 0.876. The van der Waals surface area contributed by atoms with Crippen molar-refractivity contribution in [3.8, 4) is 0 Å². The van der Waals surface area contributed by atoms with Gasteiger partial charge in [-0.1, -0.05) is 18.2 Å².